The summed E-state index contributed by atoms with van der Waals surface area (Å²) in [5.41, 5.74) is 0.507. The highest BCUT2D eigenvalue weighted by Crippen LogP contribution is 2.12. The van der Waals surface area contributed by atoms with Crippen LogP contribution in [-0.2, 0) is 19.1 Å². The molecule has 0 bridgehead atoms. The number of hydrogen-bond donors (Lipinski definition) is 1. The van der Waals surface area contributed by atoms with Crippen molar-refractivity contribution in [3.8, 4) is 0 Å². The Morgan fingerprint density at radius 3 is 2.33 bits per heavy atom. The van der Waals surface area contributed by atoms with E-state index in [0.29, 0.717) is 5.56 Å². The Balaban J connectivity index is 2.33. The van der Waals surface area contributed by atoms with Crippen molar-refractivity contribution in [2.45, 2.75) is 12.8 Å². The minimum Gasteiger partial charge on any atom is -0.456 e. The molecule has 7 nitrogen and oxygen atoms in total. The first-order valence-electron chi connectivity index (χ1n) is 7.22. The summed E-state index contributed by atoms with van der Waals surface area (Å²) in [5, 5.41) is 2.39. The summed E-state index contributed by atoms with van der Waals surface area (Å²) in [4.78, 5) is 47.5. The number of amides is 2. The Morgan fingerprint density at radius 1 is 1.12 bits per heavy atom. The zero-order valence-electron chi connectivity index (χ0n) is 13.5. The molecule has 0 saturated heterocycles. The maximum atomic E-state index is 11.9. The van der Waals surface area contributed by atoms with Gasteiger partial charge >= 0.3 is 5.97 Å². The summed E-state index contributed by atoms with van der Waals surface area (Å²) in [5.74, 6) is -1.63. The van der Waals surface area contributed by atoms with Gasteiger partial charge in [-0.05, 0) is 12.1 Å². The van der Waals surface area contributed by atoms with Crippen LogP contribution in [-0.4, -0.2) is 55.7 Å². The smallest absolute Gasteiger partial charge is 0.306 e. The van der Waals surface area contributed by atoms with Crippen LogP contribution in [0.15, 0.2) is 28.7 Å². The Morgan fingerprint density at radius 2 is 1.75 bits per heavy atom. The number of rotatable bonds is 8. The van der Waals surface area contributed by atoms with E-state index in [2.05, 4.69) is 21.2 Å². The van der Waals surface area contributed by atoms with E-state index in [9.17, 15) is 19.2 Å². The molecule has 0 aromatic heterocycles. The van der Waals surface area contributed by atoms with Gasteiger partial charge in [0.1, 0.15) is 0 Å². The molecule has 0 heterocycles. The monoisotopic (exact) mass is 398 g/mol. The van der Waals surface area contributed by atoms with Gasteiger partial charge in [0.15, 0.2) is 12.4 Å². The number of Topliss-reactive ketones (excluding diaryl/α,β-unsaturated/α-hetero) is 1. The lowest BCUT2D eigenvalue weighted by atomic mass is 10.1. The molecule has 1 rings (SSSR count). The minimum atomic E-state index is -0.637. The standard InChI is InChI=1S/C16H19BrN2O5/c1-18-14(21)9-19(2)15(22)10-24-16(23)8-7-13(20)11-3-5-12(17)6-4-11/h3-6H,7-10H2,1-2H3,(H,18,21). The fraction of sp³-hybridized carbons (Fsp3) is 0.375. The maximum absolute atomic E-state index is 11.9. The highest BCUT2D eigenvalue weighted by atomic mass is 79.9. The summed E-state index contributed by atoms with van der Waals surface area (Å²) in [6.07, 6.45) is -0.107. The van der Waals surface area contributed by atoms with Crippen LogP contribution >= 0.6 is 15.9 Å². The van der Waals surface area contributed by atoms with E-state index >= 15 is 0 Å². The molecule has 1 N–H and O–H groups in total. The third-order valence-corrected chi connectivity index (χ3v) is 3.69. The van der Waals surface area contributed by atoms with Gasteiger partial charge in [-0.2, -0.15) is 0 Å². The number of benzene rings is 1. The van der Waals surface area contributed by atoms with Gasteiger partial charge in [-0.3, -0.25) is 19.2 Å². The SMILES string of the molecule is CNC(=O)CN(C)C(=O)COC(=O)CCC(=O)c1ccc(Br)cc1. The minimum absolute atomic E-state index is 0.00271. The average molecular weight is 399 g/mol. The lowest BCUT2D eigenvalue weighted by Gasteiger charge is -2.15. The van der Waals surface area contributed by atoms with E-state index in [1.807, 2.05) is 0 Å². The zero-order chi connectivity index (χ0) is 18.1. The molecule has 0 fully saturated rings. The number of carbonyl (C=O) groups is 4. The van der Waals surface area contributed by atoms with E-state index in [1.165, 1.54) is 14.1 Å². The highest BCUT2D eigenvalue weighted by molar-refractivity contribution is 9.10. The number of halogens is 1. The second-order valence-corrected chi connectivity index (χ2v) is 5.93. The zero-order valence-corrected chi connectivity index (χ0v) is 15.1. The number of hydrogen-bond acceptors (Lipinski definition) is 5. The normalized spacial score (nSPS) is 9.96. The van der Waals surface area contributed by atoms with Crippen molar-refractivity contribution in [1.82, 2.24) is 10.2 Å². The van der Waals surface area contributed by atoms with Gasteiger partial charge < -0.3 is 15.0 Å². The number of nitrogens with one attached hydrogen (secondary N) is 1. The fourth-order valence-corrected chi connectivity index (χ4v) is 1.97. The Bertz CT molecular complexity index is 615. The quantitative estimate of drug-likeness (QED) is 0.523. The average Bonchev–Trinajstić information content (AvgIpc) is 2.57. The van der Waals surface area contributed by atoms with Gasteiger partial charge in [-0.25, -0.2) is 0 Å². The predicted octanol–water partition coefficient (Wildman–Crippen LogP) is 1.16. The number of ether oxygens (including phenoxy) is 1. The van der Waals surface area contributed by atoms with Crippen LogP contribution in [0.3, 0.4) is 0 Å². The molecule has 0 spiro atoms. The van der Waals surface area contributed by atoms with E-state index < -0.39 is 18.5 Å². The molecular formula is C16H19BrN2O5. The molecule has 0 radical (unpaired) electrons. The maximum Gasteiger partial charge on any atom is 0.306 e. The molecule has 24 heavy (non-hydrogen) atoms. The van der Waals surface area contributed by atoms with Crippen LogP contribution in [0.1, 0.15) is 23.2 Å². The number of ketones is 1. The summed E-state index contributed by atoms with van der Waals surface area (Å²) in [6.45, 7) is -0.576. The van der Waals surface area contributed by atoms with Gasteiger partial charge in [0, 0.05) is 30.6 Å². The van der Waals surface area contributed by atoms with E-state index in [0.717, 1.165) is 9.37 Å². The van der Waals surface area contributed by atoms with Gasteiger partial charge in [0.05, 0.1) is 13.0 Å². The molecule has 0 saturated carbocycles. The Kier molecular flexibility index (Phi) is 8.11. The molecular weight excluding hydrogens is 380 g/mol. The number of nitrogens with zero attached hydrogens (tertiary/aromatic N) is 1. The van der Waals surface area contributed by atoms with Crippen LogP contribution in [0.25, 0.3) is 0 Å². The van der Waals surface area contributed by atoms with Crippen molar-refractivity contribution < 1.29 is 23.9 Å². The van der Waals surface area contributed by atoms with Crippen LogP contribution < -0.4 is 5.32 Å². The molecule has 0 aliphatic heterocycles. The van der Waals surface area contributed by atoms with E-state index in [4.69, 9.17) is 4.74 Å². The first-order chi connectivity index (χ1) is 11.3. The van der Waals surface area contributed by atoms with Gasteiger partial charge in [-0.15, -0.1) is 0 Å². The van der Waals surface area contributed by atoms with Crippen LogP contribution in [0.2, 0.25) is 0 Å². The molecule has 0 aliphatic carbocycles. The largest absolute Gasteiger partial charge is 0.456 e. The van der Waals surface area contributed by atoms with E-state index in [-0.39, 0.29) is 31.1 Å². The van der Waals surface area contributed by atoms with Gasteiger partial charge in [0.25, 0.3) is 5.91 Å². The number of esters is 1. The highest BCUT2D eigenvalue weighted by Gasteiger charge is 2.15. The van der Waals surface area contributed by atoms with Crippen LogP contribution in [0.4, 0.5) is 0 Å². The van der Waals surface area contributed by atoms with Crippen molar-refractivity contribution in [3.05, 3.63) is 34.3 Å². The lowest BCUT2D eigenvalue weighted by molar-refractivity contribution is -0.151. The molecule has 1 aromatic carbocycles. The Hall–Kier alpha value is -2.22. The van der Waals surface area contributed by atoms with Gasteiger partial charge in [0.2, 0.25) is 5.91 Å². The summed E-state index contributed by atoms with van der Waals surface area (Å²) >= 11 is 3.28. The molecule has 1 aromatic rings. The third kappa shape index (κ3) is 6.91. The third-order valence-electron chi connectivity index (χ3n) is 3.16. The molecule has 0 aliphatic rings. The second-order valence-electron chi connectivity index (χ2n) is 5.01. The first-order valence-corrected chi connectivity index (χ1v) is 8.01. The summed E-state index contributed by atoms with van der Waals surface area (Å²) in [7, 11) is 2.89. The lowest BCUT2D eigenvalue weighted by Crippen LogP contribution is -2.39. The first kappa shape index (κ1) is 19.8. The van der Waals surface area contributed by atoms with Crippen LogP contribution in [0, 0.1) is 0 Å². The van der Waals surface area contributed by atoms with Crippen LogP contribution in [0.5, 0.6) is 0 Å². The predicted molar refractivity (Wildman–Crippen MR) is 90.4 cm³/mol. The molecule has 0 atom stereocenters. The number of likely N-dealkylation sites (N-methyl/N-ethyl adjacent to an activating group) is 2. The fourth-order valence-electron chi connectivity index (χ4n) is 1.70. The van der Waals surface area contributed by atoms with E-state index in [1.54, 1.807) is 24.3 Å². The molecule has 8 heteroatoms. The molecule has 130 valence electrons. The summed E-state index contributed by atoms with van der Waals surface area (Å²) in [6, 6.07) is 6.81. The van der Waals surface area contributed by atoms with Crippen molar-refractivity contribution in [2.75, 3.05) is 27.2 Å². The topological polar surface area (TPSA) is 92.8 Å². The van der Waals surface area contributed by atoms with Gasteiger partial charge in [-0.1, -0.05) is 28.1 Å². The van der Waals surface area contributed by atoms with Crippen molar-refractivity contribution in [1.29, 1.82) is 0 Å². The van der Waals surface area contributed by atoms with Crippen molar-refractivity contribution in [2.24, 2.45) is 0 Å². The van der Waals surface area contributed by atoms with Crippen molar-refractivity contribution in [3.63, 3.8) is 0 Å². The Labute approximate surface area is 148 Å². The molecule has 2 amide bonds. The number of carbonyl (C=O) groups excluding carboxylic acids is 4. The summed E-state index contributed by atoms with van der Waals surface area (Å²) < 4.78 is 5.68. The van der Waals surface area contributed by atoms with Crippen molar-refractivity contribution >= 4 is 39.5 Å². The second kappa shape index (κ2) is 9.82. The molecule has 0 unspecified atom stereocenters.